The molecule has 3 N–H and O–H groups in total. The molecule has 4 nitrogen and oxygen atoms in total. The lowest BCUT2D eigenvalue weighted by Crippen LogP contribution is -2.41. The molecule has 1 fully saturated rings. The van der Waals surface area contributed by atoms with Crippen molar-refractivity contribution < 1.29 is 9.18 Å². The zero-order chi connectivity index (χ0) is 11.8. The van der Waals surface area contributed by atoms with Crippen molar-refractivity contribution >= 4 is 11.7 Å². The van der Waals surface area contributed by atoms with E-state index in [1.54, 1.807) is 6.07 Å². The molecule has 2 atom stereocenters. The summed E-state index contributed by atoms with van der Waals surface area (Å²) in [5.41, 5.74) is 1.56. The Hall–Kier alpha value is -1.62. The third kappa shape index (κ3) is 1.86. The van der Waals surface area contributed by atoms with Gasteiger partial charge in [0.1, 0.15) is 5.82 Å². The highest BCUT2D eigenvalue weighted by molar-refractivity contribution is 5.93. The fraction of sp³-hybridized carbons (Fsp3) is 0.417. The quantitative estimate of drug-likeness (QED) is 0.692. The number of benzene rings is 1. The van der Waals surface area contributed by atoms with Gasteiger partial charge < -0.3 is 16.0 Å². The van der Waals surface area contributed by atoms with Crippen LogP contribution in [-0.2, 0) is 0 Å². The maximum absolute atomic E-state index is 13.3. The third-order valence-corrected chi connectivity index (χ3v) is 3.45. The van der Waals surface area contributed by atoms with E-state index in [4.69, 9.17) is 0 Å². The molecule has 0 saturated carbocycles. The molecule has 1 saturated heterocycles. The molecule has 0 radical (unpaired) electrons. The van der Waals surface area contributed by atoms with Crippen molar-refractivity contribution in [1.29, 1.82) is 0 Å². The van der Waals surface area contributed by atoms with Crippen LogP contribution in [-0.4, -0.2) is 19.1 Å². The van der Waals surface area contributed by atoms with E-state index in [0.717, 1.165) is 25.1 Å². The molecule has 1 aromatic carbocycles. The van der Waals surface area contributed by atoms with Gasteiger partial charge in [0, 0.05) is 17.8 Å². The fourth-order valence-electron chi connectivity index (χ4n) is 2.62. The Balaban J connectivity index is 1.99. The normalized spacial score (nSPS) is 27.2. The van der Waals surface area contributed by atoms with E-state index in [1.807, 2.05) is 0 Å². The van der Waals surface area contributed by atoms with E-state index in [9.17, 15) is 9.18 Å². The number of rotatable bonds is 1. The average Bonchev–Trinajstić information content (AvgIpc) is 2.82. The standard InChI is InChI=1S/C12H14FN3O/c13-8-1-2-10-9(5-8)11(16-12(17)15-10)7-3-4-14-6-7/h1-2,5,7,11,14H,3-4,6H2,(H2,15,16,17). The molecule has 3 rings (SSSR count). The van der Waals surface area contributed by atoms with E-state index in [0.29, 0.717) is 11.6 Å². The highest BCUT2D eigenvalue weighted by Gasteiger charge is 2.32. The lowest BCUT2D eigenvalue weighted by molar-refractivity contribution is 0.241. The zero-order valence-corrected chi connectivity index (χ0v) is 9.29. The van der Waals surface area contributed by atoms with Gasteiger partial charge in [0.25, 0.3) is 0 Å². The number of carbonyl (C=O) groups is 1. The second-order valence-electron chi connectivity index (χ2n) is 4.56. The van der Waals surface area contributed by atoms with E-state index >= 15 is 0 Å². The molecule has 0 bridgehead atoms. The highest BCUT2D eigenvalue weighted by Crippen LogP contribution is 2.34. The molecule has 2 aliphatic rings. The molecular weight excluding hydrogens is 221 g/mol. The Kier molecular flexibility index (Phi) is 2.48. The summed E-state index contributed by atoms with van der Waals surface area (Å²) in [5, 5.41) is 8.85. The van der Waals surface area contributed by atoms with Gasteiger partial charge in [0.15, 0.2) is 0 Å². The highest BCUT2D eigenvalue weighted by atomic mass is 19.1. The number of hydrogen-bond donors (Lipinski definition) is 3. The fourth-order valence-corrected chi connectivity index (χ4v) is 2.62. The van der Waals surface area contributed by atoms with Crippen LogP contribution in [0.25, 0.3) is 0 Å². The van der Waals surface area contributed by atoms with Gasteiger partial charge in [-0.05, 0) is 37.1 Å². The van der Waals surface area contributed by atoms with Crippen LogP contribution in [0.5, 0.6) is 0 Å². The number of halogens is 1. The molecule has 17 heavy (non-hydrogen) atoms. The Morgan fingerprint density at radius 2 is 2.24 bits per heavy atom. The predicted octanol–water partition coefficient (Wildman–Crippen LogP) is 1.61. The number of amides is 2. The minimum Gasteiger partial charge on any atom is -0.331 e. The zero-order valence-electron chi connectivity index (χ0n) is 9.29. The van der Waals surface area contributed by atoms with Gasteiger partial charge in [-0.3, -0.25) is 0 Å². The van der Waals surface area contributed by atoms with Crippen molar-refractivity contribution in [3.05, 3.63) is 29.6 Å². The SMILES string of the molecule is O=C1Nc2ccc(F)cc2C(C2CCNC2)N1. The van der Waals surface area contributed by atoms with Gasteiger partial charge in [-0.1, -0.05) is 0 Å². The maximum Gasteiger partial charge on any atom is 0.319 e. The van der Waals surface area contributed by atoms with Crippen LogP contribution in [0.2, 0.25) is 0 Å². The summed E-state index contributed by atoms with van der Waals surface area (Å²) in [4.78, 5) is 11.5. The van der Waals surface area contributed by atoms with Crippen molar-refractivity contribution in [3.8, 4) is 0 Å². The molecule has 2 heterocycles. The smallest absolute Gasteiger partial charge is 0.319 e. The van der Waals surface area contributed by atoms with Crippen LogP contribution in [0, 0.1) is 11.7 Å². The first-order valence-corrected chi connectivity index (χ1v) is 5.82. The Labute approximate surface area is 98.6 Å². The van der Waals surface area contributed by atoms with Gasteiger partial charge in [-0.15, -0.1) is 0 Å². The third-order valence-electron chi connectivity index (χ3n) is 3.45. The summed E-state index contributed by atoms with van der Waals surface area (Å²) in [5.74, 6) is 0.0688. The second-order valence-corrected chi connectivity index (χ2v) is 4.56. The van der Waals surface area contributed by atoms with E-state index in [2.05, 4.69) is 16.0 Å². The first-order chi connectivity index (χ1) is 8.24. The molecule has 0 aliphatic carbocycles. The van der Waals surface area contributed by atoms with Crippen molar-refractivity contribution in [2.45, 2.75) is 12.5 Å². The molecule has 0 spiro atoms. The first-order valence-electron chi connectivity index (χ1n) is 5.82. The summed E-state index contributed by atoms with van der Waals surface area (Å²) < 4.78 is 13.3. The molecule has 0 aromatic heterocycles. The van der Waals surface area contributed by atoms with Crippen LogP contribution in [0.1, 0.15) is 18.0 Å². The van der Waals surface area contributed by atoms with Gasteiger partial charge >= 0.3 is 6.03 Å². The van der Waals surface area contributed by atoms with Crippen molar-refractivity contribution in [2.24, 2.45) is 5.92 Å². The number of carbonyl (C=O) groups excluding carboxylic acids is 1. The predicted molar refractivity (Wildman–Crippen MR) is 62.3 cm³/mol. The molecule has 2 aliphatic heterocycles. The van der Waals surface area contributed by atoms with Crippen LogP contribution < -0.4 is 16.0 Å². The average molecular weight is 235 g/mol. The van der Waals surface area contributed by atoms with Crippen molar-refractivity contribution in [3.63, 3.8) is 0 Å². The number of hydrogen-bond acceptors (Lipinski definition) is 2. The molecule has 5 heteroatoms. The largest absolute Gasteiger partial charge is 0.331 e. The minimum absolute atomic E-state index is 0.0931. The van der Waals surface area contributed by atoms with Crippen LogP contribution in [0.3, 0.4) is 0 Å². The van der Waals surface area contributed by atoms with Crippen LogP contribution in [0.4, 0.5) is 14.9 Å². The molecular formula is C12H14FN3O. The topological polar surface area (TPSA) is 53.2 Å². The summed E-state index contributed by atoms with van der Waals surface area (Å²) in [7, 11) is 0. The maximum atomic E-state index is 13.3. The van der Waals surface area contributed by atoms with E-state index in [-0.39, 0.29) is 17.9 Å². The molecule has 2 amide bonds. The Morgan fingerprint density at radius 1 is 1.35 bits per heavy atom. The van der Waals surface area contributed by atoms with Gasteiger partial charge in [-0.2, -0.15) is 0 Å². The van der Waals surface area contributed by atoms with Crippen LogP contribution in [0.15, 0.2) is 18.2 Å². The van der Waals surface area contributed by atoms with Gasteiger partial charge in [0.05, 0.1) is 6.04 Å². The summed E-state index contributed by atoms with van der Waals surface area (Å²) in [6, 6.07) is 4.20. The molecule has 1 aromatic rings. The molecule has 2 unspecified atom stereocenters. The number of fused-ring (bicyclic) bond motifs is 1. The number of nitrogens with one attached hydrogen (secondary N) is 3. The number of anilines is 1. The lowest BCUT2D eigenvalue weighted by atomic mass is 9.90. The lowest BCUT2D eigenvalue weighted by Gasteiger charge is -2.31. The van der Waals surface area contributed by atoms with E-state index < -0.39 is 0 Å². The summed E-state index contributed by atoms with van der Waals surface area (Å²) in [6.45, 7) is 1.82. The van der Waals surface area contributed by atoms with Gasteiger partial charge in [0.2, 0.25) is 0 Å². The van der Waals surface area contributed by atoms with Crippen molar-refractivity contribution in [1.82, 2.24) is 10.6 Å². The first kappa shape index (κ1) is 10.5. The van der Waals surface area contributed by atoms with Gasteiger partial charge in [-0.25, -0.2) is 9.18 Å². The summed E-state index contributed by atoms with van der Waals surface area (Å²) >= 11 is 0. The van der Waals surface area contributed by atoms with E-state index in [1.165, 1.54) is 12.1 Å². The Morgan fingerprint density at radius 3 is 3.00 bits per heavy atom. The van der Waals surface area contributed by atoms with Crippen LogP contribution >= 0.6 is 0 Å². The molecule has 90 valence electrons. The monoisotopic (exact) mass is 235 g/mol. The van der Waals surface area contributed by atoms with Crippen molar-refractivity contribution in [2.75, 3.05) is 18.4 Å². The summed E-state index contributed by atoms with van der Waals surface area (Å²) in [6.07, 6.45) is 1.00. The second kappa shape index (κ2) is 4.00. The Bertz CT molecular complexity index is 457. The minimum atomic E-state index is -0.266. The number of urea groups is 1.